The second-order valence-electron chi connectivity index (χ2n) is 3.66. The summed E-state index contributed by atoms with van der Waals surface area (Å²) in [5.41, 5.74) is 0. The summed E-state index contributed by atoms with van der Waals surface area (Å²) in [6.45, 7) is 4.87. The van der Waals surface area contributed by atoms with Crippen LogP contribution in [0.4, 0.5) is 5.95 Å². The molecule has 1 rings (SSSR count). The number of alkyl halides is 1. The van der Waals surface area contributed by atoms with E-state index in [9.17, 15) is 0 Å². The SMILES string of the molecule is CCCOc1ccnc(N(C)C(C)CBr)n1. The van der Waals surface area contributed by atoms with Crippen molar-refractivity contribution in [2.45, 2.75) is 26.3 Å². The number of aromatic nitrogens is 2. The van der Waals surface area contributed by atoms with Crippen molar-refractivity contribution in [3.8, 4) is 5.88 Å². The van der Waals surface area contributed by atoms with E-state index in [0.717, 1.165) is 11.8 Å². The van der Waals surface area contributed by atoms with Crippen molar-refractivity contribution in [1.29, 1.82) is 0 Å². The second-order valence-corrected chi connectivity index (χ2v) is 4.31. The van der Waals surface area contributed by atoms with Crippen LogP contribution in [0.3, 0.4) is 0 Å². The van der Waals surface area contributed by atoms with Crippen molar-refractivity contribution in [3.05, 3.63) is 12.3 Å². The molecule has 16 heavy (non-hydrogen) atoms. The molecule has 4 nitrogen and oxygen atoms in total. The predicted molar refractivity (Wildman–Crippen MR) is 69.5 cm³/mol. The van der Waals surface area contributed by atoms with Crippen molar-refractivity contribution >= 4 is 21.9 Å². The summed E-state index contributed by atoms with van der Waals surface area (Å²) < 4.78 is 5.47. The van der Waals surface area contributed by atoms with Gasteiger partial charge in [0.2, 0.25) is 11.8 Å². The van der Waals surface area contributed by atoms with Gasteiger partial charge >= 0.3 is 0 Å². The van der Waals surface area contributed by atoms with Gasteiger partial charge in [-0.25, -0.2) is 4.98 Å². The van der Waals surface area contributed by atoms with Gasteiger partial charge in [-0.1, -0.05) is 22.9 Å². The van der Waals surface area contributed by atoms with E-state index in [1.807, 2.05) is 11.9 Å². The van der Waals surface area contributed by atoms with E-state index >= 15 is 0 Å². The molecule has 0 aliphatic heterocycles. The zero-order chi connectivity index (χ0) is 12.0. The highest BCUT2D eigenvalue weighted by molar-refractivity contribution is 9.09. The van der Waals surface area contributed by atoms with Gasteiger partial charge in [0.15, 0.2) is 0 Å². The summed E-state index contributed by atoms with van der Waals surface area (Å²) in [6.07, 6.45) is 2.71. The van der Waals surface area contributed by atoms with Crippen LogP contribution >= 0.6 is 15.9 Å². The quantitative estimate of drug-likeness (QED) is 0.754. The maximum atomic E-state index is 5.47. The highest BCUT2D eigenvalue weighted by Gasteiger charge is 2.11. The van der Waals surface area contributed by atoms with Gasteiger partial charge in [0.05, 0.1) is 6.61 Å². The molecule has 5 heteroatoms. The number of hydrogen-bond donors (Lipinski definition) is 0. The minimum absolute atomic E-state index is 0.349. The number of halogens is 1. The third-order valence-electron chi connectivity index (χ3n) is 2.27. The molecule has 0 spiro atoms. The molecule has 0 saturated heterocycles. The van der Waals surface area contributed by atoms with E-state index in [2.05, 4.69) is 39.7 Å². The zero-order valence-corrected chi connectivity index (χ0v) is 11.6. The summed E-state index contributed by atoms with van der Waals surface area (Å²) in [6, 6.07) is 2.13. The molecule has 0 aliphatic rings. The number of anilines is 1. The van der Waals surface area contributed by atoms with Crippen molar-refractivity contribution in [1.82, 2.24) is 9.97 Å². The van der Waals surface area contributed by atoms with Crippen LogP contribution in [0, 0.1) is 0 Å². The van der Waals surface area contributed by atoms with Crippen molar-refractivity contribution in [3.63, 3.8) is 0 Å². The van der Waals surface area contributed by atoms with E-state index < -0.39 is 0 Å². The molecule has 1 aromatic rings. The lowest BCUT2D eigenvalue weighted by Gasteiger charge is -2.23. The summed E-state index contributed by atoms with van der Waals surface area (Å²) in [5, 5.41) is 0.882. The maximum Gasteiger partial charge on any atom is 0.228 e. The van der Waals surface area contributed by atoms with Gasteiger partial charge in [-0.15, -0.1) is 0 Å². The fourth-order valence-electron chi connectivity index (χ4n) is 1.09. The molecule has 0 fully saturated rings. The number of nitrogens with zero attached hydrogens (tertiary/aromatic N) is 3. The Bertz CT molecular complexity index is 322. The molecule has 1 aromatic heterocycles. The molecule has 0 amide bonds. The van der Waals surface area contributed by atoms with Crippen LogP contribution < -0.4 is 9.64 Å². The lowest BCUT2D eigenvalue weighted by molar-refractivity contribution is 0.304. The van der Waals surface area contributed by atoms with Gasteiger partial charge in [-0.3, -0.25) is 0 Å². The van der Waals surface area contributed by atoms with Crippen molar-refractivity contribution < 1.29 is 4.74 Å². The Labute approximate surface area is 105 Å². The number of ether oxygens (including phenoxy) is 1. The Morgan fingerprint density at radius 2 is 2.31 bits per heavy atom. The summed E-state index contributed by atoms with van der Waals surface area (Å²) >= 11 is 3.44. The average molecular weight is 288 g/mol. The molecule has 90 valence electrons. The Kier molecular flexibility index (Phi) is 5.52. The zero-order valence-electron chi connectivity index (χ0n) is 9.98. The minimum atomic E-state index is 0.349. The predicted octanol–water partition coefficient (Wildman–Crippen LogP) is 2.49. The second kappa shape index (κ2) is 6.68. The molecule has 0 saturated carbocycles. The summed E-state index contributed by atoms with van der Waals surface area (Å²) in [5.74, 6) is 1.33. The van der Waals surface area contributed by atoms with Gasteiger partial charge < -0.3 is 9.64 Å². The topological polar surface area (TPSA) is 38.2 Å². The first-order valence-electron chi connectivity index (χ1n) is 5.43. The number of rotatable bonds is 6. The standard InChI is InChI=1S/C11H18BrN3O/c1-4-7-16-10-5-6-13-11(14-10)15(3)9(2)8-12/h5-6,9H,4,7-8H2,1-3H3. The Morgan fingerprint density at radius 1 is 1.56 bits per heavy atom. The van der Waals surface area contributed by atoms with Gasteiger partial charge in [-0.05, 0) is 13.3 Å². The monoisotopic (exact) mass is 287 g/mol. The minimum Gasteiger partial charge on any atom is -0.478 e. The van der Waals surface area contributed by atoms with Crippen LogP contribution in [0.25, 0.3) is 0 Å². The Hall–Kier alpha value is -0.840. The van der Waals surface area contributed by atoms with E-state index in [4.69, 9.17) is 4.74 Å². The van der Waals surface area contributed by atoms with Gasteiger partial charge in [0.1, 0.15) is 0 Å². The van der Waals surface area contributed by atoms with Crippen LogP contribution in [0.1, 0.15) is 20.3 Å². The largest absolute Gasteiger partial charge is 0.478 e. The third-order valence-corrected chi connectivity index (χ3v) is 3.21. The van der Waals surface area contributed by atoms with Crippen LogP contribution in [-0.2, 0) is 0 Å². The van der Waals surface area contributed by atoms with E-state index in [1.54, 1.807) is 12.3 Å². The van der Waals surface area contributed by atoms with E-state index in [0.29, 0.717) is 24.5 Å². The maximum absolute atomic E-state index is 5.47. The molecule has 1 heterocycles. The van der Waals surface area contributed by atoms with E-state index in [-0.39, 0.29) is 0 Å². The first-order chi connectivity index (χ1) is 7.69. The van der Waals surface area contributed by atoms with Crippen LogP contribution in [-0.4, -0.2) is 35.0 Å². The molecule has 1 atom stereocenters. The van der Waals surface area contributed by atoms with Crippen molar-refractivity contribution in [2.75, 3.05) is 23.9 Å². The molecule has 0 radical (unpaired) electrons. The summed E-state index contributed by atoms with van der Waals surface area (Å²) in [4.78, 5) is 10.6. The first kappa shape index (κ1) is 13.2. The molecule has 1 unspecified atom stereocenters. The van der Waals surface area contributed by atoms with Gasteiger partial charge in [0, 0.05) is 30.7 Å². The Morgan fingerprint density at radius 3 is 2.94 bits per heavy atom. The number of hydrogen-bond acceptors (Lipinski definition) is 4. The highest BCUT2D eigenvalue weighted by atomic mass is 79.9. The molecular weight excluding hydrogens is 270 g/mol. The van der Waals surface area contributed by atoms with Crippen molar-refractivity contribution in [2.24, 2.45) is 0 Å². The molecular formula is C11H18BrN3O. The van der Waals surface area contributed by atoms with Gasteiger partial charge in [0.25, 0.3) is 0 Å². The fraction of sp³-hybridized carbons (Fsp3) is 0.636. The molecule has 0 aliphatic carbocycles. The average Bonchev–Trinajstić information content (AvgIpc) is 2.34. The fourth-order valence-corrected chi connectivity index (χ4v) is 1.52. The summed E-state index contributed by atoms with van der Waals surface area (Å²) in [7, 11) is 1.98. The first-order valence-corrected chi connectivity index (χ1v) is 6.55. The lowest BCUT2D eigenvalue weighted by atomic mass is 10.3. The van der Waals surface area contributed by atoms with E-state index in [1.165, 1.54) is 0 Å². The van der Waals surface area contributed by atoms with Crippen LogP contribution in [0.5, 0.6) is 5.88 Å². The molecule has 0 bridgehead atoms. The lowest BCUT2D eigenvalue weighted by Crippen LogP contribution is -2.31. The Balaban J connectivity index is 2.73. The molecule has 0 N–H and O–H groups in total. The third kappa shape index (κ3) is 3.63. The van der Waals surface area contributed by atoms with Crippen LogP contribution in [0.2, 0.25) is 0 Å². The van der Waals surface area contributed by atoms with Crippen LogP contribution in [0.15, 0.2) is 12.3 Å². The van der Waals surface area contributed by atoms with Gasteiger partial charge in [-0.2, -0.15) is 4.98 Å². The smallest absolute Gasteiger partial charge is 0.228 e. The highest BCUT2D eigenvalue weighted by Crippen LogP contribution is 2.14. The normalized spacial score (nSPS) is 12.2. The molecule has 0 aromatic carbocycles.